The maximum absolute atomic E-state index is 12.5. The molecule has 140 valence electrons. The van der Waals surface area contributed by atoms with Gasteiger partial charge in [-0.05, 0) is 23.3 Å². The van der Waals surface area contributed by atoms with Gasteiger partial charge in [0.05, 0.1) is 7.11 Å². The van der Waals surface area contributed by atoms with Crippen LogP contribution in [0.4, 0.5) is 8.78 Å². The minimum atomic E-state index is -2.96. The summed E-state index contributed by atoms with van der Waals surface area (Å²) in [6.07, 6.45) is 0.150. The lowest BCUT2D eigenvalue weighted by Gasteiger charge is -2.20. The van der Waals surface area contributed by atoms with Crippen LogP contribution in [0.2, 0.25) is 0 Å². The summed E-state index contributed by atoms with van der Waals surface area (Å²) in [4.78, 5) is 13.9. The number of halogens is 2. The Balaban J connectivity index is 2.02. The van der Waals surface area contributed by atoms with Crippen LogP contribution in [0.3, 0.4) is 0 Å². The molecule has 2 aromatic rings. The lowest BCUT2D eigenvalue weighted by Crippen LogP contribution is -2.29. The number of ether oxygens (including phenoxy) is 2. The third-order valence-electron chi connectivity index (χ3n) is 3.91. The lowest BCUT2D eigenvalue weighted by atomic mass is 10.0. The third kappa shape index (κ3) is 5.42. The van der Waals surface area contributed by atoms with E-state index in [-0.39, 0.29) is 30.4 Å². The predicted molar refractivity (Wildman–Crippen MR) is 94.1 cm³/mol. The largest absolute Gasteiger partial charge is 0.493 e. The summed E-state index contributed by atoms with van der Waals surface area (Å²) < 4.78 is 34.5. The molecular weight excluding hydrogens is 342 g/mol. The Hall–Kier alpha value is -2.67. The van der Waals surface area contributed by atoms with Crippen LogP contribution >= 0.6 is 0 Å². The molecule has 7 heteroatoms. The fourth-order valence-electron chi connectivity index (χ4n) is 2.53. The molecule has 0 aliphatic heterocycles. The summed E-state index contributed by atoms with van der Waals surface area (Å²) in [5.41, 5.74) is 7.60. The zero-order valence-corrected chi connectivity index (χ0v) is 14.7. The van der Waals surface area contributed by atoms with Crippen molar-refractivity contribution < 1.29 is 23.0 Å². The quantitative estimate of drug-likeness (QED) is 0.780. The number of nitrogens with two attached hydrogens (primary N) is 1. The molecule has 1 atom stereocenters. The molecule has 0 fully saturated rings. The van der Waals surface area contributed by atoms with E-state index in [1.54, 1.807) is 13.1 Å². The molecule has 5 nitrogen and oxygen atoms in total. The van der Waals surface area contributed by atoms with Crippen LogP contribution in [0.1, 0.15) is 23.6 Å². The van der Waals surface area contributed by atoms with Gasteiger partial charge in [-0.15, -0.1) is 0 Å². The molecule has 0 aliphatic rings. The van der Waals surface area contributed by atoms with Crippen molar-refractivity contribution in [2.45, 2.75) is 25.6 Å². The van der Waals surface area contributed by atoms with Crippen LogP contribution in [0, 0.1) is 0 Å². The maximum Gasteiger partial charge on any atom is 0.387 e. The van der Waals surface area contributed by atoms with Gasteiger partial charge in [0.2, 0.25) is 5.91 Å². The van der Waals surface area contributed by atoms with Crippen LogP contribution in [-0.2, 0) is 11.3 Å². The van der Waals surface area contributed by atoms with E-state index in [0.29, 0.717) is 5.56 Å². The van der Waals surface area contributed by atoms with E-state index in [1.807, 2.05) is 30.3 Å². The fraction of sp³-hybridized carbons (Fsp3) is 0.316. The standard InChI is InChI=1S/C19H22F2N2O3/c1-23(18(24)11-15(22)14-6-4-3-5-7-14)12-13-8-9-16(25-2)17(10-13)26-19(20)21/h3-10,15,19H,11-12,22H2,1-2H3. The molecule has 1 amide bonds. The highest BCUT2D eigenvalue weighted by Crippen LogP contribution is 2.30. The molecule has 26 heavy (non-hydrogen) atoms. The molecule has 0 saturated carbocycles. The van der Waals surface area contributed by atoms with E-state index in [2.05, 4.69) is 4.74 Å². The predicted octanol–water partition coefficient (Wildman–Crippen LogP) is 3.35. The number of alkyl halides is 2. The van der Waals surface area contributed by atoms with Gasteiger partial charge >= 0.3 is 6.61 Å². The van der Waals surface area contributed by atoms with Gasteiger partial charge in [-0.1, -0.05) is 36.4 Å². The van der Waals surface area contributed by atoms with Gasteiger partial charge in [-0.3, -0.25) is 4.79 Å². The Morgan fingerprint density at radius 1 is 1.15 bits per heavy atom. The first-order valence-corrected chi connectivity index (χ1v) is 8.07. The van der Waals surface area contributed by atoms with Crippen LogP contribution in [0.5, 0.6) is 11.5 Å². The molecule has 0 heterocycles. The van der Waals surface area contributed by atoms with Crippen LogP contribution in [0.25, 0.3) is 0 Å². The number of hydrogen-bond acceptors (Lipinski definition) is 4. The van der Waals surface area contributed by atoms with Crippen molar-refractivity contribution in [2.75, 3.05) is 14.2 Å². The van der Waals surface area contributed by atoms with Crippen LogP contribution in [-0.4, -0.2) is 31.6 Å². The van der Waals surface area contributed by atoms with Gasteiger partial charge in [-0.2, -0.15) is 8.78 Å². The molecule has 2 rings (SSSR count). The van der Waals surface area contributed by atoms with Crippen molar-refractivity contribution in [1.29, 1.82) is 0 Å². The Bertz CT molecular complexity index is 726. The molecule has 2 aromatic carbocycles. The van der Waals surface area contributed by atoms with Gasteiger partial charge in [0.25, 0.3) is 0 Å². The molecule has 0 saturated heterocycles. The van der Waals surface area contributed by atoms with E-state index in [1.165, 1.54) is 24.1 Å². The van der Waals surface area contributed by atoms with Gasteiger partial charge < -0.3 is 20.1 Å². The smallest absolute Gasteiger partial charge is 0.387 e. The normalized spacial score (nSPS) is 11.9. The molecule has 0 aromatic heterocycles. The lowest BCUT2D eigenvalue weighted by molar-refractivity contribution is -0.130. The molecule has 1 unspecified atom stereocenters. The SMILES string of the molecule is COc1ccc(CN(C)C(=O)CC(N)c2ccccc2)cc1OC(F)F. The maximum atomic E-state index is 12.5. The van der Waals surface area contributed by atoms with Crippen molar-refractivity contribution in [3.05, 3.63) is 59.7 Å². The van der Waals surface area contributed by atoms with Crippen LogP contribution in [0.15, 0.2) is 48.5 Å². The molecular formula is C19H22F2N2O3. The van der Waals surface area contributed by atoms with E-state index < -0.39 is 12.7 Å². The number of nitrogens with zero attached hydrogens (tertiary/aromatic N) is 1. The third-order valence-corrected chi connectivity index (χ3v) is 3.91. The highest BCUT2D eigenvalue weighted by atomic mass is 19.3. The summed E-state index contributed by atoms with van der Waals surface area (Å²) in [6, 6.07) is 13.6. The molecule has 0 spiro atoms. The van der Waals surface area contributed by atoms with Crippen molar-refractivity contribution in [3.8, 4) is 11.5 Å². The number of hydrogen-bond donors (Lipinski definition) is 1. The van der Waals surface area contributed by atoms with Crippen molar-refractivity contribution >= 4 is 5.91 Å². The Morgan fingerprint density at radius 3 is 2.46 bits per heavy atom. The topological polar surface area (TPSA) is 64.8 Å². The van der Waals surface area contributed by atoms with Crippen LogP contribution < -0.4 is 15.2 Å². The Labute approximate surface area is 151 Å². The summed E-state index contributed by atoms with van der Waals surface area (Å²) in [5.74, 6) is -0.00976. The van der Waals surface area contributed by atoms with E-state index in [4.69, 9.17) is 10.5 Å². The number of carbonyl (C=O) groups excluding carboxylic acids is 1. The number of carbonyl (C=O) groups is 1. The number of methoxy groups -OCH3 is 1. The molecule has 0 radical (unpaired) electrons. The second kappa shape index (κ2) is 9.15. The minimum Gasteiger partial charge on any atom is -0.493 e. The van der Waals surface area contributed by atoms with Crippen molar-refractivity contribution in [3.63, 3.8) is 0 Å². The number of amides is 1. The van der Waals surface area contributed by atoms with Gasteiger partial charge in [0.15, 0.2) is 11.5 Å². The first kappa shape index (κ1) is 19.7. The summed E-state index contributed by atoms with van der Waals surface area (Å²) in [5, 5.41) is 0. The Kier molecular flexibility index (Phi) is 6.91. The van der Waals surface area contributed by atoms with E-state index in [0.717, 1.165) is 5.56 Å². The second-order valence-electron chi connectivity index (χ2n) is 5.83. The Morgan fingerprint density at radius 2 is 1.85 bits per heavy atom. The van der Waals surface area contributed by atoms with Gasteiger partial charge in [-0.25, -0.2) is 0 Å². The fourth-order valence-corrected chi connectivity index (χ4v) is 2.53. The van der Waals surface area contributed by atoms with E-state index in [9.17, 15) is 13.6 Å². The monoisotopic (exact) mass is 364 g/mol. The molecule has 0 aliphatic carbocycles. The number of rotatable bonds is 8. The van der Waals surface area contributed by atoms with Gasteiger partial charge in [0.1, 0.15) is 0 Å². The number of benzene rings is 2. The average molecular weight is 364 g/mol. The minimum absolute atomic E-state index is 0.0677. The van der Waals surface area contributed by atoms with Crippen molar-refractivity contribution in [1.82, 2.24) is 4.90 Å². The van der Waals surface area contributed by atoms with Crippen molar-refractivity contribution in [2.24, 2.45) is 5.73 Å². The second-order valence-corrected chi connectivity index (χ2v) is 5.83. The summed E-state index contributed by atoms with van der Waals surface area (Å²) in [6.45, 7) is -2.72. The zero-order chi connectivity index (χ0) is 19.1. The highest BCUT2D eigenvalue weighted by molar-refractivity contribution is 5.76. The summed E-state index contributed by atoms with van der Waals surface area (Å²) in [7, 11) is 3.01. The molecule has 2 N–H and O–H groups in total. The first-order chi connectivity index (χ1) is 12.4. The van der Waals surface area contributed by atoms with Gasteiger partial charge in [0, 0.05) is 26.1 Å². The summed E-state index contributed by atoms with van der Waals surface area (Å²) >= 11 is 0. The zero-order valence-electron chi connectivity index (χ0n) is 14.7. The highest BCUT2D eigenvalue weighted by Gasteiger charge is 2.17. The van der Waals surface area contributed by atoms with E-state index >= 15 is 0 Å². The first-order valence-electron chi connectivity index (χ1n) is 8.07. The molecule has 0 bridgehead atoms. The average Bonchev–Trinajstić information content (AvgIpc) is 2.62.